The Morgan fingerprint density at radius 1 is 1.12 bits per heavy atom. The topological polar surface area (TPSA) is 79.0 Å². The van der Waals surface area contributed by atoms with E-state index in [0.717, 1.165) is 24.5 Å². The van der Waals surface area contributed by atoms with Crippen LogP contribution in [0.5, 0.6) is 0 Å². The third-order valence-electron chi connectivity index (χ3n) is 5.56. The van der Waals surface area contributed by atoms with E-state index in [0.29, 0.717) is 44.2 Å². The first-order valence-corrected chi connectivity index (χ1v) is 11.0. The molecule has 4 rings (SSSR count). The Kier molecular flexibility index (Phi) is 7.06. The molecule has 0 aliphatic carbocycles. The van der Waals surface area contributed by atoms with Gasteiger partial charge in [0.1, 0.15) is 11.6 Å². The first-order chi connectivity index (χ1) is 15.5. The summed E-state index contributed by atoms with van der Waals surface area (Å²) in [6, 6.07) is 8.20. The number of halogens is 1. The molecule has 8 nitrogen and oxygen atoms in total. The van der Waals surface area contributed by atoms with E-state index in [4.69, 9.17) is 9.47 Å². The number of nitrogens with one attached hydrogen (secondary N) is 2. The molecule has 32 heavy (non-hydrogen) atoms. The molecule has 2 aromatic rings. The second kappa shape index (κ2) is 10.1. The van der Waals surface area contributed by atoms with Gasteiger partial charge >= 0.3 is 6.03 Å². The lowest BCUT2D eigenvalue weighted by atomic mass is 10.2. The molecule has 2 aliphatic rings. The summed E-state index contributed by atoms with van der Waals surface area (Å²) in [6.45, 7) is 8.54. The second-order valence-corrected chi connectivity index (χ2v) is 8.26. The van der Waals surface area contributed by atoms with Crippen molar-refractivity contribution in [1.82, 2.24) is 10.3 Å². The molecule has 3 heterocycles. The maximum Gasteiger partial charge on any atom is 0.319 e. The van der Waals surface area contributed by atoms with E-state index in [1.807, 2.05) is 30.9 Å². The Balaban J connectivity index is 1.32. The van der Waals surface area contributed by atoms with Gasteiger partial charge in [0, 0.05) is 44.6 Å². The molecule has 2 fully saturated rings. The number of pyridine rings is 1. The quantitative estimate of drug-likeness (QED) is 0.740. The highest BCUT2D eigenvalue weighted by molar-refractivity contribution is 5.89. The predicted molar refractivity (Wildman–Crippen MR) is 122 cm³/mol. The van der Waals surface area contributed by atoms with Gasteiger partial charge in [-0.1, -0.05) is 0 Å². The van der Waals surface area contributed by atoms with E-state index in [1.165, 1.54) is 6.07 Å². The van der Waals surface area contributed by atoms with Crippen molar-refractivity contribution in [2.24, 2.45) is 0 Å². The number of nitrogens with zero attached hydrogens (tertiary/aromatic N) is 3. The number of benzene rings is 1. The Morgan fingerprint density at radius 2 is 1.88 bits per heavy atom. The average Bonchev–Trinajstić information content (AvgIpc) is 2.78. The minimum absolute atomic E-state index is 0.0404. The van der Waals surface area contributed by atoms with Crippen LogP contribution in [0.2, 0.25) is 0 Å². The van der Waals surface area contributed by atoms with Gasteiger partial charge in [0.25, 0.3) is 0 Å². The number of rotatable bonds is 5. The molecule has 2 N–H and O–H groups in total. The van der Waals surface area contributed by atoms with Crippen molar-refractivity contribution in [2.45, 2.75) is 32.6 Å². The Labute approximate surface area is 187 Å². The molecular formula is C23H30FN5O3. The maximum atomic E-state index is 14.7. The molecule has 9 heteroatoms. The van der Waals surface area contributed by atoms with Gasteiger partial charge in [0.05, 0.1) is 31.1 Å². The number of carbonyl (C=O) groups is 1. The van der Waals surface area contributed by atoms with Crippen LogP contribution in [0.1, 0.15) is 19.4 Å². The molecule has 0 saturated carbocycles. The minimum Gasteiger partial charge on any atom is -0.378 e. The summed E-state index contributed by atoms with van der Waals surface area (Å²) in [5.74, 6) is 0.505. The SMILES string of the molecule is C[C@H]1CN(c2ccc(NC(=O)NCc3ccnc(N4CCOCC4)c3)cc2F)C[C@H](C)O1. The first-order valence-electron chi connectivity index (χ1n) is 11.0. The van der Waals surface area contributed by atoms with Crippen molar-refractivity contribution in [3.8, 4) is 0 Å². The van der Waals surface area contributed by atoms with Gasteiger partial charge < -0.3 is 29.9 Å². The zero-order valence-corrected chi connectivity index (χ0v) is 18.5. The van der Waals surface area contributed by atoms with E-state index in [-0.39, 0.29) is 18.0 Å². The summed E-state index contributed by atoms with van der Waals surface area (Å²) < 4.78 is 25.8. The van der Waals surface area contributed by atoms with E-state index in [1.54, 1.807) is 18.3 Å². The standard InChI is InChI=1S/C23H30FN5O3/c1-16-14-29(15-17(2)32-16)21-4-3-19(12-20(21)24)27-23(30)26-13-18-5-6-25-22(11-18)28-7-9-31-10-8-28/h3-6,11-12,16-17H,7-10,13-15H2,1-2H3,(H2,26,27,30)/t16-,17-/m0/s1. The normalized spacial score (nSPS) is 21.3. The molecule has 0 bridgehead atoms. The number of hydrogen-bond donors (Lipinski definition) is 2. The molecule has 0 radical (unpaired) electrons. The summed E-state index contributed by atoms with van der Waals surface area (Å²) in [6.07, 6.45) is 1.82. The number of ether oxygens (including phenoxy) is 2. The smallest absolute Gasteiger partial charge is 0.319 e. The highest BCUT2D eigenvalue weighted by Gasteiger charge is 2.24. The molecule has 1 aromatic heterocycles. The number of hydrogen-bond acceptors (Lipinski definition) is 6. The van der Waals surface area contributed by atoms with Gasteiger partial charge in [0.2, 0.25) is 0 Å². The molecule has 0 unspecified atom stereocenters. The van der Waals surface area contributed by atoms with Crippen LogP contribution in [0.25, 0.3) is 0 Å². The first kappa shape index (κ1) is 22.3. The third-order valence-corrected chi connectivity index (χ3v) is 5.56. The van der Waals surface area contributed by atoms with Crippen molar-refractivity contribution in [3.05, 3.63) is 47.9 Å². The number of morpholine rings is 2. The largest absolute Gasteiger partial charge is 0.378 e. The summed E-state index contributed by atoms with van der Waals surface area (Å²) in [4.78, 5) is 20.9. The van der Waals surface area contributed by atoms with Gasteiger partial charge in [0.15, 0.2) is 0 Å². The van der Waals surface area contributed by atoms with E-state index in [2.05, 4.69) is 20.5 Å². The van der Waals surface area contributed by atoms with Crippen molar-refractivity contribution < 1.29 is 18.7 Å². The minimum atomic E-state index is -0.393. The summed E-state index contributed by atoms with van der Waals surface area (Å²) in [5, 5.41) is 5.52. The number of carbonyl (C=O) groups excluding carboxylic acids is 1. The lowest BCUT2D eigenvalue weighted by molar-refractivity contribution is -0.00539. The van der Waals surface area contributed by atoms with E-state index in [9.17, 15) is 9.18 Å². The molecule has 2 aliphatic heterocycles. The van der Waals surface area contributed by atoms with Crippen LogP contribution < -0.4 is 20.4 Å². The predicted octanol–water partition coefficient (Wildman–Crippen LogP) is 2.99. The maximum absolute atomic E-state index is 14.7. The van der Waals surface area contributed by atoms with Crippen molar-refractivity contribution in [3.63, 3.8) is 0 Å². The highest BCUT2D eigenvalue weighted by atomic mass is 19.1. The van der Waals surface area contributed by atoms with E-state index >= 15 is 0 Å². The van der Waals surface area contributed by atoms with E-state index < -0.39 is 6.03 Å². The monoisotopic (exact) mass is 443 g/mol. The fourth-order valence-corrected chi connectivity index (χ4v) is 4.11. The van der Waals surface area contributed by atoms with Crippen molar-refractivity contribution >= 4 is 23.2 Å². The third kappa shape index (κ3) is 5.66. The Bertz CT molecular complexity index is 928. The van der Waals surface area contributed by atoms with Gasteiger partial charge in [-0.05, 0) is 49.7 Å². The van der Waals surface area contributed by atoms with Crippen molar-refractivity contribution in [1.29, 1.82) is 0 Å². The molecule has 2 saturated heterocycles. The molecular weight excluding hydrogens is 413 g/mol. The number of urea groups is 1. The fraction of sp³-hybridized carbons (Fsp3) is 0.478. The summed E-state index contributed by atoms with van der Waals surface area (Å²) in [7, 11) is 0. The molecule has 2 atom stereocenters. The Hall–Kier alpha value is -2.91. The lowest BCUT2D eigenvalue weighted by Crippen LogP contribution is -2.45. The van der Waals surface area contributed by atoms with Crippen LogP contribution in [0.4, 0.5) is 26.4 Å². The van der Waals surface area contributed by atoms with Gasteiger partial charge in [-0.3, -0.25) is 0 Å². The summed E-state index contributed by atoms with van der Waals surface area (Å²) >= 11 is 0. The molecule has 0 spiro atoms. The number of anilines is 3. The Morgan fingerprint density at radius 3 is 2.59 bits per heavy atom. The van der Waals surface area contributed by atoms with Crippen LogP contribution in [0.3, 0.4) is 0 Å². The fourth-order valence-electron chi connectivity index (χ4n) is 4.11. The van der Waals surface area contributed by atoms with Crippen LogP contribution in [-0.4, -0.2) is 62.6 Å². The van der Waals surface area contributed by atoms with Gasteiger partial charge in [-0.25, -0.2) is 14.2 Å². The highest BCUT2D eigenvalue weighted by Crippen LogP contribution is 2.26. The van der Waals surface area contributed by atoms with Crippen molar-refractivity contribution in [2.75, 3.05) is 54.5 Å². The van der Waals surface area contributed by atoms with Crippen LogP contribution in [-0.2, 0) is 16.0 Å². The summed E-state index contributed by atoms with van der Waals surface area (Å²) in [5.41, 5.74) is 1.86. The average molecular weight is 444 g/mol. The molecule has 172 valence electrons. The zero-order valence-electron chi connectivity index (χ0n) is 18.5. The van der Waals surface area contributed by atoms with Gasteiger partial charge in [-0.15, -0.1) is 0 Å². The van der Waals surface area contributed by atoms with Crippen LogP contribution in [0, 0.1) is 5.82 Å². The zero-order chi connectivity index (χ0) is 22.5. The number of aromatic nitrogens is 1. The second-order valence-electron chi connectivity index (χ2n) is 8.26. The van der Waals surface area contributed by atoms with Crippen LogP contribution >= 0.6 is 0 Å². The molecule has 2 amide bonds. The van der Waals surface area contributed by atoms with Gasteiger partial charge in [-0.2, -0.15) is 0 Å². The van der Waals surface area contributed by atoms with Crippen LogP contribution in [0.15, 0.2) is 36.5 Å². The molecule has 1 aromatic carbocycles. The lowest BCUT2D eigenvalue weighted by Gasteiger charge is -2.37. The number of amides is 2.